The summed E-state index contributed by atoms with van der Waals surface area (Å²) in [6.45, 7) is 2.07. The molecule has 15 heavy (non-hydrogen) atoms. The lowest BCUT2D eigenvalue weighted by molar-refractivity contribution is 0.601. The van der Waals surface area contributed by atoms with Crippen LogP contribution in [0, 0.1) is 0 Å². The zero-order chi connectivity index (χ0) is 10.9. The first kappa shape index (κ1) is 10.6. The molecule has 1 aliphatic heterocycles. The number of rotatable bonds is 3. The van der Waals surface area contributed by atoms with E-state index in [2.05, 4.69) is 22.1 Å². The van der Waals surface area contributed by atoms with E-state index in [0.717, 1.165) is 18.7 Å². The molecule has 84 valence electrons. The predicted octanol–water partition coefficient (Wildman–Crippen LogP) is 0.659. The minimum atomic E-state index is -2.84. The van der Waals surface area contributed by atoms with Crippen LogP contribution in [-0.2, 0) is 16.3 Å². The van der Waals surface area contributed by atoms with Gasteiger partial charge in [-0.2, -0.15) is 5.10 Å². The maximum absolute atomic E-state index is 11.3. The van der Waals surface area contributed by atoms with Gasteiger partial charge < -0.3 is 0 Å². The van der Waals surface area contributed by atoms with E-state index in [-0.39, 0.29) is 17.4 Å². The molecule has 2 rings (SSSR count). The fraction of sp³-hybridized carbons (Fsp3) is 0.778. The fourth-order valence-corrected chi connectivity index (χ4v) is 3.58. The summed E-state index contributed by atoms with van der Waals surface area (Å²) in [5, 5.41) is 6.94. The number of nitrogens with zero attached hydrogens (tertiary/aromatic N) is 2. The van der Waals surface area contributed by atoms with Gasteiger partial charge in [0.05, 0.1) is 11.5 Å². The smallest absolute Gasteiger partial charge is 0.154 e. The summed E-state index contributed by atoms with van der Waals surface area (Å²) in [6, 6.07) is 0. The van der Waals surface area contributed by atoms with Gasteiger partial charge in [0.15, 0.2) is 15.7 Å². The van der Waals surface area contributed by atoms with Crippen LogP contribution in [-0.4, -0.2) is 35.1 Å². The second-order valence-electron chi connectivity index (χ2n) is 3.99. The summed E-state index contributed by atoms with van der Waals surface area (Å²) in [5.74, 6) is 2.00. The van der Waals surface area contributed by atoms with Crippen LogP contribution in [0.3, 0.4) is 0 Å². The quantitative estimate of drug-likeness (QED) is 0.826. The van der Waals surface area contributed by atoms with Gasteiger partial charge in [0.1, 0.15) is 5.82 Å². The van der Waals surface area contributed by atoms with Crippen molar-refractivity contribution in [3.8, 4) is 0 Å². The van der Waals surface area contributed by atoms with Crippen molar-refractivity contribution in [3.63, 3.8) is 0 Å². The normalized spacial score (nSPS) is 24.5. The van der Waals surface area contributed by atoms with Gasteiger partial charge >= 0.3 is 0 Å². The fourth-order valence-electron chi connectivity index (χ4n) is 1.84. The number of aryl methyl sites for hydroxylation is 1. The highest BCUT2D eigenvalue weighted by Crippen LogP contribution is 2.26. The van der Waals surface area contributed by atoms with E-state index in [1.807, 2.05) is 0 Å². The highest BCUT2D eigenvalue weighted by molar-refractivity contribution is 7.91. The van der Waals surface area contributed by atoms with Crippen LogP contribution in [0.1, 0.15) is 37.3 Å². The van der Waals surface area contributed by atoms with Crippen LogP contribution in [0.5, 0.6) is 0 Å². The maximum atomic E-state index is 11.3. The lowest BCUT2D eigenvalue weighted by Gasteiger charge is -1.99. The minimum Gasteiger partial charge on any atom is -0.263 e. The number of hydrogen-bond donors (Lipinski definition) is 1. The van der Waals surface area contributed by atoms with Crippen molar-refractivity contribution in [1.29, 1.82) is 0 Å². The maximum Gasteiger partial charge on any atom is 0.154 e. The summed E-state index contributed by atoms with van der Waals surface area (Å²) in [7, 11) is -2.84. The van der Waals surface area contributed by atoms with Gasteiger partial charge in [-0.15, -0.1) is 0 Å². The Bertz CT molecular complexity index is 438. The van der Waals surface area contributed by atoms with Gasteiger partial charge in [-0.05, 0) is 12.8 Å². The van der Waals surface area contributed by atoms with Crippen LogP contribution < -0.4 is 0 Å². The Hall–Kier alpha value is -0.910. The van der Waals surface area contributed by atoms with E-state index in [1.54, 1.807) is 0 Å². The van der Waals surface area contributed by atoms with E-state index in [9.17, 15) is 8.42 Å². The molecule has 0 aromatic carbocycles. The van der Waals surface area contributed by atoms with Crippen LogP contribution >= 0.6 is 0 Å². The molecule has 5 nitrogen and oxygen atoms in total. The molecule has 2 heterocycles. The second-order valence-corrected chi connectivity index (χ2v) is 6.22. The van der Waals surface area contributed by atoms with Crippen molar-refractivity contribution < 1.29 is 8.42 Å². The topological polar surface area (TPSA) is 75.7 Å². The Morgan fingerprint density at radius 3 is 2.93 bits per heavy atom. The molecule has 0 bridgehead atoms. The molecule has 1 unspecified atom stereocenters. The molecule has 0 saturated carbocycles. The Labute approximate surface area is 89.2 Å². The summed E-state index contributed by atoms with van der Waals surface area (Å²) in [4.78, 5) is 4.32. The van der Waals surface area contributed by atoms with Crippen LogP contribution in [0.2, 0.25) is 0 Å². The first-order valence-electron chi connectivity index (χ1n) is 5.22. The highest BCUT2D eigenvalue weighted by Gasteiger charge is 2.31. The molecule has 0 spiro atoms. The summed E-state index contributed by atoms with van der Waals surface area (Å²) in [6.07, 6.45) is 2.54. The molecule has 1 aliphatic rings. The second kappa shape index (κ2) is 3.92. The van der Waals surface area contributed by atoms with Gasteiger partial charge in [0.25, 0.3) is 0 Å². The summed E-state index contributed by atoms with van der Waals surface area (Å²) >= 11 is 0. The van der Waals surface area contributed by atoms with Crippen LogP contribution in [0.15, 0.2) is 0 Å². The van der Waals surface area contributed by atoms with Gasteiger partial charge in [-0.3, -0.25) is 5.10 Å². The van der Waals surface area contributed by atoms with Crippen molar-refractivity contribution in [2.75, 3.05) is 11.5 Å². The van der Waals surface area contributed by atoms with Gasteiger partial charge in [-0.1, -0.05) is 6.92 Å². The summed E-state index contributed by atoms with van der Waals surface area (Å²) in [5.41, 5.74) is 0. The monoisotopic (exact) mass is 229 g/mol. The summed E-state index contributed by atoms with van der Waals surface area (Å²) < 4.78 is 22.6. The standard InChI is InChI=1S/C9H15N3O2S/c1-2-3-8-10-9(12-11-8)7-4-5-15(13,14)6-7/h7H,2-6H2,1H3,(H,10,11,12). The van der Waals surface area contributed by atoms with Crippen molar-refractivity contribution >= 4 is 9.84 Å². The third-order valence-electron chi connectivity index (χ3n) is 2.63. The van der Waals surface area contributed by atoms with E-state index in [0.29, 0.717) is 12.2 Å². The lowest BCUT2D eigenvalue weighted by atomic mass is 10.1. The molecule has 1 N–H and O–H groups in total. The van der Waals surface area contributed by atoms with Crippen molar-refractivity contribution in [2.45, 2.75) is 32.1 Å². The van der Waals surface area contributed by atoms with E-state index in [4.69, 9.17) is 0 Å². The molecular weight excluding hydrogens is 214 g/mol. The van der Waals surface area contributed by atoms with E-state index >= 15 is 0 Å². The molecule has 1 saturated heterocycles. The molecule has 1 atom stereocenters. The Morgan fingerprint density at radius 2 is 2.33 bits per heavy atom. The first-order chi connectivity index (χ1) is 7.11. The lowest BCUT2D eigenvalue weighted by Crippen LogP contribution is -2.05. The molecule has 1 aromatic heterocycles. The number of H-pyrrole nitrogens is 1. The molecule has 0 aliphatic carbocycles. The Balaban J connectivity index is 2.10. The molecular formula is C9H15N3O2S. The van der Waals surface area contributed by atoms with Gasteiger partial charge in [0, 0.05) is 12.3 Å². The molecule has 1 aromatic rings. The number of aromatic amines is 1. The Kier molecular flexibility index (Phi) is 2.77. The van der Waals surface area contributed by atoms with Crippen LogP contribution in [0.25, 0.3) is 0 Å². The van der Waals surface area contributed by atoms with Crippen LogP contribution in [0.4, 0.5) is 0 Å². The first-order valence-corrected chi connectivity index (χ1v) is 7.04. The number of nitrogens with one attached hydrogen (secondary N) is 1. The third kappa shape index (κ3) is 2.37. The van der Waals surface area contributed by atoms with Gasteiger partial charge in [-0.25, -0.2) is 13.4 Å². The zero-order valence-corrected chi connectivity index (χ0v) is 9.55. The van der Waals surface area contributed by atoms with E-state index in [1.165, 1.54) is 0 Å². The molecule has 1 fully saturated rings. The van der Waals surface area contributed by atoms with Gasteiger partial charge in [0.2, 0.25) is 0 Å². The molecule has 0 amide bonds. The highest BCUT2D eigenvalue weighted by atomic mass is 32.2. The number of aromatic nitrogens is 3. The number of hydrogen-bond acceptors (Lipinski definition) is 4. The SMILES string of the molecule is CCCc1nc(C2CCS(=O)(=O)C2)n[nH]1. The molecule has 6 heteroatoms. The van der Waals surface area contributed by atoms with Crippen molar-refractivity contribution in [3.05, 3.63) is 11.6 Å². The predicted molar refractivity (Wildman–Crippen MR) is 56.4 cm³/mol. The average Bonchev–Trinajstić information content (AvgIpc) is 2.73. The average molecular weight is 229 g/mol. The number of sulfone groups is 1. The zero-order valence-electron chi connectivity index (χ0n) is 8.73. The third-order valence-corrected chi connectivity index (χ3v) is 4.40. The molecule has 0 radical (unpaired) electrons. The largest absolute Gasteiger partial charge is 0.263 e. The Morgan fingerprint density at radius 1 is 1.53 bits per heavy atom. The van der Waals surface area contributed by atoms with Crippen molar-refractivity contribution in [1.82, 2.24) is 15.2 Å². The minimum absolute atomic E-state index is 0.00291. The van der Waals surface area contributed by atoms with E-state index < -0.39 is 9.84 Å². The van der Waals surface area contributed by atoms with Crippen molar-refractivity contribution in [2.24, 2.45) is 0 Å².